The molecule has 0 radical (unpaired) electrons. The molecule has 1 fully saturated rings. The number of likely N-dealkylation sites (tertiary alicyclic amines) is 1. The molecule has 6 heteroatoms. The van der Waals surface area contributed by atoms with Crippen LogP contribution < -0.4 is 0 Å². The van der Waals surface area contributed by atoms with Gasteiger partial charge in [-0.15, -0.1) is 10.2 Å². The Kier molecular flexibility index (Phi) is 4.41. The van der Waals surface area contributed by atoms with E-state index in [1.807, 2.05) is 13.8 Å². The highest BCUT2D eigenvalue weighted by Crippen LogP contribution is 2.28. The fraction of sp³-hybridized carbons (Fsp3) is 0.471. The Balaban J connectivity index is 1.61. The zero-order valence-corrected chi connectivity index (χ0v) is 13.3. The largest absolute Gasteiger partial charge is 0.425 e. The van der Waals surface area contributed by atoms with E-state index in [-0.39, 0.29) is 23.6 Å². The zero-order valence-electron chi connectivity index (χ0n) is 13.3. The van der Waals surface area contributed by atoms with Crippen LogP contribution in [-0.2, 0) is 0 Å². The number of hydrogen-bond donors (Lipinski definition) is 0. The molecule has 122 valence electrons. The number of nitrogens with zero attached hydrogens (tertiary/aromatic N) is 3. The van der Waals surface area contributed by atoms with Crippen molar-refractivity contribution in [2.24, 2.45) is 0 Å². The highest BCUT2D eigenvalue weighted by atomic mass is 19.1. The van der Waals surface area contributed by atoms with E-state index in [1.165, 1.54) is 24.3 Å². The van der Waals surface area contributed by atoms with Crippen molar-refractivity contribution in [3.63, 3.8) is 0 Å². The summed E-state index contributed by atoms with van der Waals surface area (Å²) in [5, 5.41) is 8.21. The number of rotatable bonds is 3. The standard InChI is InChI=1S/C17H20FN3O2/c1-11(2)15-19-20-16(23-15)12-7-9-21(10-8-12)17(22)13-3-5-14(18)6-4-13/h3-6,11-12H,7-10H2,1-2H3. The minimum absolute atomic E-state index is 0.0585. The Hall–Kier alpha value is -2.24. The van der Waals surface area contributed by atoms with E-state index in [9.17, 15) is 9.18 Å². The maximum absolute atomic E-state index is 12.9. The third-order valence-corrected chi connectivity index (χ3v) is 4.17. The third kappa shape index (κ3) is 3.41. The van der Waals surface area contributed by atoms with Crippen LogP contribution in [0.15, 0.2) is 28.7 Å². The lowest BCUT2D eigenvalue weighted by atomic mass is 9.96. The summed E-state index contributed by atoms with van der Waals surface area (Å²) >= 11 is 0. The van der Waals surface area contributed by atoms with Gasteiger partial charge in [0.2, 0.25) is 11.8 Å². The van der Waals surface area contributed by atoms with Crippen molar-refractivity contribution >= 4 is 5.91 Å². The summed E-state index contributed by atoms with van der Waals surface area (Å²) in [5.41, 5.74) is 0.518. The summed E-state index contributed by atoms with van der Waals surface area (Å²) in [6, 6.07) is 5.67. The van der Waals surface area contributed by atoms with Crippen molar-refractivity contribution in [3.05, 3.63) is 47.4 Å². The molecule has 2 heterocycles. The molecular formula is C17H20FN3O2. The second-order valence-electron chi connectivity index (χ2n) is 6.21. The first kappa shape index (κ1) is 15.6. The molecule has 1 aliphatic rings. The van der Waals surface area contributed by atoms with Crippen molar-refractivity contribution < 1.29 is 13.6 Å². The molecule has 1 amide bonds. The number of carbonyl (C=O) groups excluding carboxylic acids is 1. The Morgan fingerprint density at radius 2 is 1.87 bits per heavy atom. The fourth-order valence-corrected chi connectivity index (χ4v) is 2.75. The van der Waals surface area contributed by atoms with Crippen molar-refractivity contribution in [2.75, 3.05) is 13.1 Å². The van der Waals surface area contributed by atoms with Crippen LogP contribution in [0.4, 0.5) is 4.39 Å². The van der Waals surface area contributed by atoms with Crippen LogP contribution in [0.1, 0.15) is 60.7 Å². The number of hydrogen-bond acceptors (Lipinski definition) is 4. The molecule has 5 nitrogen and oxygen atoms in total. The molecule has 0 saturated carbocycles. The highest BCUT2D eigenvalue weighted by molar-refractivity contribution is 5.94. The van der Waals surface area contributed by atoms with Gasteiger partial charge in [-0.3, -0.25) is 4.79 Å². The number of aromatic nitrogens is 2. The van der Waals surface area contributed by atoms with Gasteiger partial charge in [-0.05, 0) is 37.1 Å². The SMILES string of the molecule is CC(C)c1nnc(C2CCN(C(=O)c3ccc(F)cc3)CC2)o1. The summed E-state index contributed by atoms with van der Waals surface area (Å²) < 4.78 is 18.7. The molecule has 1 aliphatic heterocycles. The minimum Gasteiger partial charge on any atom is -0.425 e. The van der Waals surface area contributed by atoms with E-state index in [0.29, 0.717) is 30.4 Å². The van der Waals surface area contributed by atoms with Crippen LogP contribution in [0.2, 0.25) is 0 Å². The second kappa shape index (κ2) is 6.48. The van der Waals surface area contributed by atoms with Gasteiger partial charge in [0.25, 0.3) is 5.91 Å². The lowest BCUT2D eigenvalue weighted by molar-refractivity contribution is 0.0706. The van der Waals surface area contributed by atoms with Crippen molar-refractivity contribution in [2.45, 2.75) is 38.5 Å². The van der Waals surface area contributed by atoms with E-state index >= 15 is 0 Å². The topological polar surface area (TPSA) is 59.2 Å². The highest BCUT2D eigenvalue weighted by Gasteiger charge is 2.28. The van der Waals surface area contributed by atoms with Gasteiger partial charge in [0.05, 0.1) is 0 Å². The molecule has 23 heavy (non-hydrogen) atoms. The number of amides is 1. The molecule has 1 aromatic carbocycles. The minimum atomic E-state index is -0.336. The number of carbonyl (C=O) groups is 1. The fourth-order valence-electron chi connectivity index (χ4n) is 2.75. The Labute approximate surface area is 134 Å². The summed E-state index contributed by atoms with van der Waals surface area (Å²) in [6.07, 6.45) is 1.60. The normalized spacial score (nSPS) is 16.1. The Bertz CT molecular complexity index is 673. The van der Waals surface area contributed by atoms with Crippen LogP contribution in [0, 0.1) is 5.82 Å². The van der Waals surface area contributed by atoms with Gasteiger partial charge in [0.15, 0.2) is 0 Å². The molecule has 2 aromatic rings. The van der Waals surface area contributed by atoms with Crippen LogP contribution in [0.3, 0.4) is 0 Å². The first-order valence-electron chi connectivity index (χ1n) is 7.92. The van der Waals surface area contributed by atoms with Gasteiger partial charge in [-0.2, -0.15) is 0 Å². The molecule has 0 atom stereocenters. The molecule has 0 N–H and O–H groups in total. The quantitative estimate of drug-likeness (QED) is 0.871. The Morgan fingerprint density at radius 1 is 1.22 bits per heavy atom. The van der Waals surface area contributed by atoms with Crippen LogP contribution in [0.25, 0.3) is 0 Å². The van der Waals surface area contributed by atoms with Gasteiger partial charge in [-0.1, -0.05) is 13.8 Å². The lowest BCUT2D eigenvalue weighted by Gasteiger charge is -2.30. The van der Waals surface area contributed by atoms with Gasteiger partial charge in [0, 0.05) is 30.5 Å². The third-order valence-electron chi connectivity index (χ3n) is 4.17. The van der Waals surface area contributed by atoms with Gasteiger partial charge < -0.3 is 9.32 Å². The predicted molar refractivity (Wildman–Crippen MR) is 82.7 cm³/mol. The summed E-state index contributed by atoms with van der Waals surface area (Å²) in [4.78, 5) is 14.2. The van der Waals surface area contributed by atoms with Crippen molar-refractivity contribution in [1.29, 1.82) is 0 Å². The first-order valence-corrected chi connectivity index (χ1v) is 7.92. The zero-order chi connectivity index (χ0) is 16.4. The van der Waals surface area contributed by atoms with Crippen molar-refractivity contribution in [1.82, 2.24) is 15.1 Å². The molecular weight excluding hydrogens is 297 g/mol. The molecule has 0 unspecified atom stereocenters. The second-order valence-corrected chi connectivity index (χ2v) is 6.21. The van der Waals surface area contributed by atoms with Crippen LogP contribution in [0.5, 0.6) is 0 Å². The van der Waals surface area contributed by atoms with Crippen molar-refractivity contribution in [3.8, 4) is 0 Å². The average Bonchev–Trinajstić information content (AvgIpc) is 3.05. The first-order chi connectivity index (χ1) is 11.0. The molecule has 1 aromatic heterocycles. The van der Waals surface area contributed by atoms with E-state index in [1.54, 1.807) is 4.90 Å². The maximum Gasteiger partial charge on any atom is 0.253 e. The molecule has 0 spiro atoms. The van der Waals surface area contributed by atoms with Crippen LogP contribution in [-0.4, -0.2) is 34.1 Å². The predicted octanol–water partition coefficient (Wildman–Crippen LogP) is 3.35. The average molecular weight is 317 g/mol. The molecule has 0 bridgehead atoms. The van der Waals surface area contributed by atoms with Gasteiger partial charge in [-0.25, -0.2) is 4.39 Å². The van der Waals surface area contributed by atoms with Gasteiger partial charge in [0.1, 0.15) is 5.82 Å². The summed E-state index contributed by atoms with van der Waals surface area (Å²) in [7, 11) is 0. The molecule has 3 rings (SSSR count). The summed E-state index contributed by atoms with van der Waals surface area (Å²) in [5.74, 6) is 1.35. The number of piperidine rings is 1. The molecule has 1 saturated heterocycles. The van der Waals surface area contributed by atoms with E-state index < -0.39 is 0 Å². The maximum atomic E-state index is 12.9. The van der Waals surface area contributed by atoms with E-state index in [4.69, 9.17) is 4.42 Å². The molecule has 0 aliphatic carbocycles. The number of halogens is 1. The summed E-state index contributed by atoms with van der Waals surface area (Å²) in [6.45, 7) is 5.31. The monoisotopic (exact) mass is 317 g/mol. The number of benzene rings is 1. The van der Waals surface area contributed by atoms with E-state index in [2.05, 4.69) is 10.2 Å². The van der Waals surface area contributed by atoms with E-state index in [0.717, 1.165) is 12.8 Å². The Morgan fingerprint density at radius 3 is 2.43 bits per heavy atom. The van der Waals surface area contributed by atoms with Crippen LogP contribution >= 0.6 is 0 Å². The smallest absolute Gasteiger partial charge is 0.253 e. The van der Waals surface area contributed by atoms with Gasteiger partial charge >= 0.3 is 0 Å². The lowest BCUT2D eigenvalue weighted by Crippen LogP contribution is -2.38.